The van der Waals surface area contributed by atoms with Crippen molar-refractivity contribution in [1.82, 2.24) is 15.3 Å². The fourth-order valence-electron chi connectivity index (χ4n) is 2.59. The van der Waals surface area contributed by atoms with Crippen LogP contribution >= 0.6 is 0 Å². The monoisotopic (exact) mass is 261 g/mol. The van der Waals surface area contributed by atoms with Gasteiger partial charge in [0.2, 0.25) is 0 Å². The van der Waals surface area contributed by atoms with Crippen molar-refractivity contribution >= 4 is 11.6 Å². The smallest absolute Gasteiger partial charge is 0.134 e. The lowest BCUT2D eigenvalue weighted by atomic mass is 10.1. The summed E-state index contributed by atoms with van der Waals surface area (Å²) in [5, 5.41) is 6.92. The molecule has 0 bridgehead atoms. The van der Waals surface area contributed by atoms with Crippen LogP contribution in [0.25, 0.3) is 0 Å². The van der Waals surface area contributed by atoms with Gasteiger partial charge in [-0.05, 0) is 39.2 Å². The zero-order valence-corrected chi connectivity index (χ0v) is 11.8. The zero-order chi connectivity index (χ0) is 13.2. The van der Waals surface area contributed by atoms with Crippen LogP contribution in [0.1, 0.15) is 31.5 Å². The number of hydrogen-bond acceptors (Lipinski definition) is 5. The van der Waals surface area contributed by atoms with E-state index < -0.39 is 0 Å². The maximum Gasteiger partial charge on any atom is 0.134 e. The van der Waals surface area contributed by atoms with Gasteiger partial charge in [-0.3, -0.25) is 0 Å². The molecule has 2 N–H and O–H groups in total. The third-order valence-electron chi connectivity index (χ3n) is 3.93. The van der Waals surface area contributed by atoms with Crippen molar-refractivity contribution in [3.05, 3.63) is 11.9 Å². The van der Waals surface area contributed by atoms with Gasteiger partial charge in [0.15, 0.2) is 0 Å². The summed E-state index contributed by atoms with van der Waals surface area (Å²) >= 11 is 0. The summed E-state index contributed by atoms with van der Waals surface area (Å²) < 4.78 is 0. The summed E-state index contributed by atoms with van der Waals surface area (Å²) in [5.74, 6) is 2.85. The number of nitrogens with zero attached hydrogens (tertiary/aromatic N) is 3. The van der Waals surface area contributed by atoms with Gasteiger partial charge in [-0.1, -0.05) is 0 Å². The first-order chi connectivity index (χ1) is 9.22. The van der Waals surface area contributed by atoms with Crippen molar-refractivity contribution in [1.29, 1.82) is 0 Å². The molecule has 1 unspecified atom stereocenters. The van der Waals surface area contributed by atoms with Crippen molar-refractivity contribution in [3.63, 3.8) is 0 Å². The molecule has 3 rings (SSSR count). The summed E-state index contributed by atoms with van der Waals surface area (Å²) in [6.07, 6.45) is 5.01. The lowest BCUT2D eigenvalue weighted by Gasteiger charge is -2.32. The van der Waals surface area contributed by atoms with E-state index in [2.05, 4.69) is 38.6 Å². The van der Waals surface area contributed by atoms with Gasteiger partial charge in [-0.25, -0.2) is 9.97 Å². The summed E-state index contributed by atoms with van der Waals surface area (Å²) in [6.45, 7) is 4.15. The van der Waals surface area contributed by atoms with Crippen LogP contribution in [-0.2, 0) is 0 Å². The molecular formula is C14H23N5. The van der Waals surface area contributed by atoms with E-state index in [0.717, 1.165) is 30.5 Å². The molecule has 1 saturated heterocycles. The van der Waals surface area contributed by atoms with E-state index in [4.69, 9.17) is 0 Å². The van der Waals surface area contributed by atoms with Gasteiger partial charge < -0.3 is 15.5 Å². The molecule has 2 fully saturated rings. The third kappa shape index (κ3) is 3.15. The van der Waals surface area contributed by atoms with Crippen LogP contribution < -0.4 is 15.5 Å². The van der Waals surface area contributed by atoms with Gasteiger partial charge in [0.25, 0.3) is 0 Å². The number of rotatable bonds is 4. The molecule has 1 aliphatic heterocycles. The first kappa shape index (κ1) is 12.7. The molecule has 5 nitrogen and oxygen atoms in total. The van der Waals surface area contributed by atoms with Crippen molar-refractivity contribution in [3.8, 4) is 0 Å². The Morgan fingerprint density at radius 3 is 2.84 bits per heavy atom. The molecule has 0 spiro atoms. The van der Waals surface area contributed by atoms with E-state index in [-0.39, 0.29) is 0 Å². The number of aryl methyl sites for hydroxylation is 1. The standard InChI is InChI=1S/C14H23N5/c1-10-16-13(18-11-5-6-11)8-14(17-10)19(2)12-4-3-7-15-9-12/h8,11-12,15H,3-7,9H2,1-2H3,(H,16,17,18). The number of nitrogens with one attached hydrogen (secondary N) is 2. The predicted octanol–water partition coefficient (Wildman–Crippen LogP) is 1.55. The molecule has 1 aromatic rings. The molecule has 2 heterocycles. The normalized spacial score (nSPS) is 23.2. The second-order valence-electron chi connectivity index (χ2n) is 5.69. The van der Waals surface area contributed by atoms with Crippen LogP contribution in [0.5, 0.6) is 0 Å². The molecule has 0 radical (unpaired) electrons. The molecule has 1 saturated carbocycles. The second kappa shape index (κ2) is 5.33. The molecule has 19 heavy (non-hydrogen) atoms. The molecule has 0 amide bonds. The largest absolute Gasteiger partial charge is 0.367 e. The molecule has 5 heteroatoms. The Bertz CT molecular complexity index is 437. The Morgan fingerprint density at radius 2 is 2.16 bits per heavy atom. The van der Waals surface area contributed by atoms with E-state index in [0.29, 0.717) is 12.1 Å². The highest BCUT2D eigenvalue weighted by atomic mass is 15.2. The van der Waals surface area contributed by atoms with Gasteiger partial charge in [0, 0.05) is 31.7 Å². The first-order valence-corrected chi connectivity index (χ1v) is 7.28. The Kier molecular flexibility index (Phi) is 3.55. The first-order valence-electron chi connectivity index (χ1n) is 7.28. The highest BCUT2D eigenvalue weighted by Crippen LogP contribution is 2.26. The Balaban J connectivity index is 1.75. The number of hydrogen-bond donors (Lipinski definition) is 2. The molecule has 1 aliphatic carbocycles. The van der Waals surface area contributed by atoms with Crippen molar-refractivity contribution < 1.29 is 0 Å². The highest BCUT2D eigenvalue weighted by molar-refractivity contribution is 5.50. The van der Waals surface area contributed by atoms with Gasteiger partial charge >= 0.3 is 0 Å². The lowest BCUT2D eigenvalue weighted by molar-refractivity contribution is 0.443. The molecule has 2 aliphatic rings. The molecule has 1 atom stereocenters. The van der Waals surface area contributed by atoms with Gasteiger partial charge in [0.1, 0.15) is 17.5 Å². The predicted molar refractivity (Wildman–Crippen MR) is 77.7 cm³/mol. The average Bonchev–Trinajstić information content (AvgIpc) is 3.22. The number of piperidine rings is 1. The minimum atomic E-state index is 0.539. The minimum Gasteiger partial charge on any atom is -0.367 e. The number of likely N-dealkylation sites (N-methyl/N-ethyl adjacent to an activating group) is 1. The fraction of sp³-hybridized carbons (Fsp3) is 0.714. The van der Waals surface area contributed by atoms with E-state index >= 15 is 0 Å². The lowest BCUT2D eigenvalue weighted by Crippen LogP contribution is -2.44. The molecule has 1 aromatic heterocycles. The topological polar surface area (TPSA) is 53.1 Å². The van der Waals surface area contributed by atoms with Crippen LogP contribution in [-0.4, -0.2) is 42.2 Å². The summed E-state index contributed by atoms with van der Waals surface area (Å²) in [7, 11) is 2.14. The zero-order valence-electron chi connectivity index (χ0n) is 11.8. The fourth-order valence-corrected chi connectivity index (χ4v) is 2.59. The Hall–Kier alpha value is -1.36. The summed E-state index contributed by atoms with van der Waals surface area (Å²) in [5.41, 5.74) is 0. The summed E-state index contributed by atoms with van der Waals surface area (Å²) in [6, 6.07) is 3.25. The maximum absolute atomic E-state index is 4.58. The third-order valence-corrected chi connectivity index (χ3v) is 3.93. The minimum absolute atomic E-state index is 0.539. The van der Waals surface area contributed by atoms with Crippen molar-refractivity contribution in [2.24, 2.45) is 0 Å². The van der Waals surface area contributed by atoms with Gasteiger partial charge in [-0.2, -0.15) is 0 Å². The van der Waals surface area contributed by atoms with E-state index in [1.54, 1.807) is 0 Å². The summed E-state index contributed by atoms with van der Waals surface area (Å²) in [4.78, 5) is 11.4. The van der Waals surface area contributed by atoms with Crippen LogP contribution in [0, 0.1) is 6.92 Å². The van der Waals surface area contributed by atoms with E-state index in [1.165, 1.54) is 25.7 Å². The van der Waals surface area contributed by atoms with E-state index in [1.807, 2.05) is 6.92 Å². The van der Waals surface area contributed by atoms with Crippen LogP contribution in [0.15, 0.2) is 6.07 Å². The van der Waals surface area contributed by atoms with E-state index in [9.17, 15) is 0 Å². The Labute approximate surface area is 114 Å². The molecular weight excluding hydrogens is 238 g/mol. The average molecular weight is 261 g/mol. The quantitative estimate of drug-likeness (QED) is 0.861. The highest BCUT2D eigenvalue weighted by Gasteiger charge is 2.23. The molecule has 0 aromatic carbocycles. The van der Waals surface area contributed by atoms with Crippen LogP contribution in [0.3, 0.4) is 0 Å². The van der Waals surface area contributed by atoms with Gasteiger partial charge in [0.05, 0.1) is 0 Å². The van der Waals surface area contributed by atoms with Gasteiger partial charge in [-0.15, -0.1) is 0 Å². The maximum atomic E-state index is 4.58. The SMILES string of the molecule is Cc1nc(NC2CC2)cc(N(C)C2CCCNC2)n1. The Morgan fingerprint density at radius 1 is 1.32 bits per heavy atom. The van der Waals surface area contributed by atoms with Crippen LogP contribution in [0.4, 0.5) is 11.6 Å². The number of aromatic nitrogens is 2. The van der Waals surface area contributed by atoms with Crippen molar-refractivity contribution in [2.75, 3.05) is 30.4 Å². The molecule has 104 valence electrons. The van der Waals surface area contributed by atoms with Crippen LogP contribution in [0.2, 0.25) is 0 Å². The second-order valence-corrected chi connectivity index (χ2v) is 5.69. The van der Waals surface area contributed by atoms with Crippen molar-refractivity contribution in [2.45, 2.75) is 44.7 Å². The number of anilines is 2.